The molecule has 1 aliphatic heterocycles. The van der Waals surface area contributed by atoms with Crippen molar-refractivity contribution in [2.24, 2.45) is 17.6 Å². The van der Waals surface area contributed by atoms with Gasteiger partial charge < -0.3 is 15.0 Å². The number of fused-ring (bicyclic) bond motifs is 2. The zero-order valence-corrected chi connectivity index (χ0v) is 12.7. The Bertz CT molecular complexity index is 779. The molecule has 3 aliphatic rings. The predicted octanol–water partition coefficient (Wildman–Crippen LogP) is 1.55. The molecule has 1 saturated heterocycles. The van der Waals surface area contributed by atoms with E-state index in [1.165, 1.54) is 18.5 Å². The molecule has 1 unspecified atom stereocenters. The first-order valence-electron chi connectivity index (χ1n) is 8.16. The molecule has 2 aliphatic carbocycles. The van der Waals surface area contributed by atoms with Gasteiger partial charge in [-0.15, -0.1) is 0 Å². The van der Waals surface area contributed by atoms with Crippen molar-refractivity contribution in [3.05, 3.63) is 35.3 Å². The van der Waals surface area contributed by atoms with Crippen LogP contribution >= 0.6 is 0 Å². The molecule has 2 aromatic rings. The van der Waals surface area contributed by atoms with Crippen LogP contribution in [0.5, 0.6) is 0 Å². The van der Waals surface area contributed by atoms with Gasteiger partial charge in [0, 0.05) is 37.4 Å². The van der Waals surface area contributed by atoms with Crippen LogP contribution in [0, 0.1) is 18.8 Å². The fourth-order valence-corrected chi connectivity index (χ4v) is 3.90. The Balaban J connectivity index is 1.47. The van der Waals surface area contributed by atoms with Gasteiger partial charge in [-0.25, -0.2) is 4.98 Å². The van der Waals surface area contributed by atoms with Crippen molar-refractivity contribution < 1.29 is 4.79 Å². The number of nitrogens with two attached hydrogens (primary N) is 1. The minimum atomic E-state index is 0.131. The number of nitrogens with zero attached hydrogens (tertiary/aromatic N) is 3. The number of carbonyl (C=O) groups excluding carboxylic acids is 1. The summed E-state index contributed by atoms with van der Waals surface area (Å²) in [5, 5.41) is 0. The normalized spacial score (nSPS) is 29.9. The summed E-state index contributed by atoms with van der Waals surface area (Å²) in [5.74, 6) is 1.82. The average molecular weight is 296 g/mol. The third-order valence-corrected chi connectivity index (χ3v) is 5.54. The number of hydrogen-bond donors (Lipinski definition) is 1. The molecule has 3 atom stereocenters. The molecular weight excluding hydrogens is 276 g/mol. The van der Waals surface area contributed by atoms with E-state index in [9.17, 15) is 4.79 Å². The number of aryl methyl sites for hydroxylation is 1. The largest absolute Gasteiger partial charge is 0.338 e. The summed E-state index contributed by atoms with van der Waals surface area (Å²) >= 11 is 0. The first-order valence-corrected chi connectivity index (χ1v) is 8.16. The number of rotatable bonds is 2. The molecule has 2 saturated carbocycles. The van der Waals surface area contributed by atoms with Gasteiger partial charge >= 0.3 is 0 Å². The lowest BCUT2D eigenvalue weighted by atomic mass is 10.2. The predicted molar refractivity (Wildman–Crippen MR) is 82.8 cm³/mol. The maximum absolute atomic E-state index is 12.7. The van der Waals surface area contributed by atoms with E-state index in [1.807, 2.05) is 28.5 Å². The Kier molecular flexibility index (Phi) is 2.36. The Hall–Kier alpha value is -1.88. The van der Waals surface area contributed by atoms with Crippen molar-refractivity contribution in [1.29, 1.82) is 0 Å². The van der Waals surface area contributed by atoms with Gasteiger partial charge in [-0.3, -0.25) is 4.79 Å². The van der Waals surface area contributed by atoms with Crippen molar-refractivity contribution in [3.63, 3.8) is 0 Å². The minimum absolute atomic E-state index is 0.131. The summed E-state index contributed by atoms with van der Waals surface area (Å²) in [5.41, 5.74) is 9.93. The van der Waals surface area contributed by atoms with E-state index in [-0.39, 0.29) is 5.91 Å². The summed E-state index contributed by atoms with van der Waals surface area (Å²) in [6.07, 6.45) is 6.51. The number of aromatic nitrogens is 2. The molecule has 114 valence electrons. The Morgan fingerprint density at radius 3 is 2.68 bits per heavy atom. The van der Waals surface area contributed by atoms with Gasteiger partial charge in [0.2, 0.25) is 0 Å². The lowest BCUT2D eigenvalue weighted by Gasteiger charge is -2.19. The van der Waals surface area contributed by atoms with E-state index in [4.69, 9.17) is 10.7 Å². The fraction of sp³-hybridized carbons (Fsp3) is 0.529. The van der Waals surface area contributed by atoms with Crippen LogP contribution in [0.3, 0.4) is 0 Å². The SMILES string of the molecule is Cc1cc(C(=O)N2C[C@@H]3C(N)[C@@H]3C2)cn2cc(C3CC3)nc12. The summed E-state index contributed by atoms with van der Waals surface area (Å²) < 4.78 is 2.03. The van der Waals surface area contributed by atoms with Crippen molar-refractivity contribution in [2.75, 3.05) is 13.1 Å². The van der Waals surface area contributed by atoms with Crippen LogP contribution in [0.2, 0.25) is 0 Å². The monoisotopic (exact) mass is 296 g/mol. The molecule has 5 rings (SSSR count). The van der Waals surface area contributed by atoms with Gasteiger partial charge in [-0.2, -0.15) is 0 Å². The molecule has 0 radical (unpaired) electrons. The van der Waals surface area contributed by atoms with Gasteiger partial charge in [-0.05, 0) is 43.2 Å². The molecule has 2 N–H and O–H groups in total. The van der Waals surface area contributed by atoms with E-state index in [0.29, 0.717) is 23.8 Å². The van der Waals surface area contributed by atoms with E-state index < -0.39 is 0 Å². The van der Waals surface area contributed by atoms with Crippen LogP contribution in [0.25, 0.3) is 5.65 Å². The molecule has 0 bridgehead atoms. The van der Waals surface area contributed by atoms with E-state index >= 15 is 0 Å². The topological polar surface area (TPSA) is 63.6 Å². The summed E-state index contributed by atoms with van der Waals surface area (Å²) in [6, 6.07) is 2.30. The molecule has 2 aromatic heterocycles. The average Bonchev–Trinajstić information content (AvgIpc) is 3.33. The zero-order chi connectivity index (χ0) is 15.0. The Labute approximate surface area is 129 Å². The second-order valence-corrected chi connectivity index (χ2v) is 7.20. The second-order valence-electron chi connectivity index (χ2n) is 7.20. The fourth-order valence-electron chi connectivity index (χ4n) is 3.90. The molecule has 5 nitrogen and oxygen atoms in total. The van der Waals surface area contributed by atoms with Crippen molar-refractivity contribution >= 4 is 11.6 Å². The zero-order valence-electron chi connectivity index (χ0n) is 12.7. The molecule has 5 heteroatoms. The van der Waals surface area contributed by atoms with Crippen molar-refractivity contribution in [2.45, 2.75) is 31.7 Å². The maximum Gasteiger partial charge on any atom is 0.255 e. The molecule has 1 amide bonds. The standard InChI is InChI=1S/C17H20N4O/c1-9-4-11(17(22)21-6-12-13(7-21)15(12)18)5-20-8-14(10-2-3-10)19-16(9)20/h4-5,8,10,12-13,15H,2-3,6-7,18H2,1H3/t12-,13+,15?. The van der Waals surface area contributed by atoms with Crippen molar-refractivity contribution in [1.82, 2.24) is 14.3 Å². The second kappa shape index (κ2) is 4.10. The lowest BCUT2D eigenvalue weighted by molar-refractivity contribution is 0.0772. The van der Waals surface area contributed by atoms with Crippen LogP contribution in [0.15, 0.2) is 18.5 Å². The highest BCUT2D eigenvalue weighted by Crippen LogP contribution is 2.44. The van der Waals surface area contributed by atoms with Gasteiger partial charge in [0.05, 0.1) is 11.3 Å². The third-order valence-electron chi connectivity index (χ3n) is 5.54. The quantitative estimate of drug-likeness (QED) is 0.914. The third kappa shape index (κ3) is 1.75. The maximum atomic E-state index is 12.7. The molecule has 3 fully saturated rings. The molecular formula is C17H20N4O. The molecule has 0 aromatic carbocycles. The van der Waals surface area contributed by atoms with Gasteiger partial charge in [0.1, 0.15) is 5.65 Å². The summed E-state index contributed by atoms with van der Waals surface area (Å²) in [7, 11) is 0. The highest BCUT2D eigenvalue weighted by Gasteiger charge is 2.54. The van der Waals surface area contributed by atoms with E-state index in [1.54, 1.807) is 0 Å². The summed E-state index contributed by atoms with van der Waals surface area (Å²) in [4.78, 5) is 19.4. The van der Waals surface area contributed by atoms with Crippen LogP contribution in [0.4, 0.5) is 0 Å². The van der Waals surface area contributed by atoms with Gasteiger partial charge in [0.25, 0.3) is 5.91 Å². The number of hydrogen-bond acceptors (Lipinski definition) is 3. The van der Waals surface area contributed by atoms with Crippen LogP contribution in [0.1, 0.15) is 40.4 Å². The lowest BCUT2D eigenvalue weighted by Crippen LogP contribution is -2.34. The number of amides is 1. The highest BCUT2D eigenvalue weighted by molar-refractivity contribution is 5.95. The van der Waals surface area contributed by atoms with Gasteiger partial charge in [0.15, 0.2) is 0 Å². The van der Waals surface area contributed by atoms with Crippen LogP contribution < -0.4 is 5.73 Å². The Morgan fingerprint density at radius 1 is 1.27 bits per heavy atom. The van der Waals surface area contributed by atoms with E-state index in [0.717, 1.165) is 29.9 Å². The Morgan fingerprint density at radius 2 is 2.00 bits per heavy atom. The molecule has 3 heterocycles. The van der Waals surface area contributed by atoms with Gasteiger partial charge in [-0.1, -0.05) is 0 Å². The highest BCUT2D eigenvalue weighted by atomic mass is 16.2. The molecule has 0 spiro atoms. The number of carbonyl (C=O) groups is 1. The summed E-state index contributed by atoms with van der Waals surface area (Å²) in [6.45, 7) is 3.67. The van der Waals surface area contributed by atoms with E-state index in [2.05, 4.69) is 6.20 Å². The number of imidazole rings is 1. The first kappa shape index (κ1) is 12.6. The number of piperidine rings is 1. The number of likely N-dealkylation sites (tertiary alicyclic amines) is 1. The smallest absolute Gasteiger partial charge is 0.255 e. The first-order chi connectivity index (χ1) is 10.6. The number of pyridine rings is 1. The molecule has 22 heavy (non-hydrogen) atoms. The van der Waals surface area contributed by atoms with Crippen LogP contribution in [-0.4, -0.2) is 39.3 Å². The van der Waals surface area contributed by atoms with Crippen LogP contribution in [-0.2, 0) is 0 Å². The minimum Gasteiger partial charge on any atom is -0.338 e. The van der Waals surface area contributed by atoms with Crippen molar-refractivity contribution in [3.8, 4) is 0 Å².